The lowest BCUT2D eigenvalue weighted by Gasteiger charge is -2.37. The average Bonchev–Trinajstić information content (AvgIpc) is 3.04. The molecule has 0 amide bonds. The number of benzene rings is 1. The highest BCUT2D eigenvalue weighted by Crippen LogP contribution is 2.41. The molecular formula is C16H13ClN4O. The Morgan fingerprint density at radius 3 is 2.77 bits per heavy atom. The molecule has 110 valence electrons. The highest BCUT2D eigenvalue weighted by atomic mass is 35.5. The number of nitrogens with zero attached hydrogens (tertiary/aromatic N) is 4. The first-order chi connectivity index (χ1) is 10.8. The van der Waals surface area contributed by atoms with Gasteiger partial charge in [-0.1, -0.05) is 11.6 Å². The van der Waals surface area contributed by atoms with Crippen LogP contribution in [0.1, 0.15) is 11.7 Å². The Bertz CT molecular complexity index is 815. The van der Waals surface area contributed by atoms with Crippen molar-refractivity contribution in [2.75, 3.05) is 11.5 Å². The Labute approximate surface area is 132 Å². The third-order valence-corrected chi connectivity index (χ3v) is 4.12. The lowest BCUT2D eigenvalue weighted by molar-refractivity contribution is 0.261. The fourth-order valence-corrected chi connectivity index (χ4v) is 3.04. The van der Waals surface area contributed by atoms with Crippen molar-refractivity contribution in [2.24, 2.45) is 0 Å². The average molecular weight is 313 g/mol. The summed E-state index contributed by atoms with van der Waals surface area (Å²) in [6, 6.07) is 11.3. The van der Waals surface area contributed by atoms with Crippen LogP contribution in [0.25, 0.3) is 5.69 Å². The molecule has 22 heavy (non-hydrogen) atoms. The van der Waals surface area contributed by atoms with Crippen molar-refractivity contribution in [3.63, 3.8) is 0 Å². The number of hydrogen-bond donors (Lipinski definition) is 1. The van der Waals surface area contributed by atoms with E-state index in [1.807, 2.05) is 52.1 Å². The van der Waals surface area contributed by atoms with Crippen molar-refractivity contribution in [1.82, 2.24) is 14.5 Å². The standard InChI is InChI=1S/C16H13ClN4O/c17-11-3-5-12(6-4-11)21-15(9-22)13-2-1-7-20(13)14-8-18-10-19-16(14)21/h1-8,10,15,22H,9H2. The Hall–Kier alpha value is -2.37. The first-order valence-corrected chi connectivity index (χ1v) is 7.30. The van der Waals surface area contributed by atoms with E-state index in [1.54, 1.807) is 6.20 Å². The summed E-state index contributed by atoms with van der Waals surface area (Å²) in [5, 5.41) is 10.6. The van der Waals surface area contributed by atoms with E-state index in [9.17, 15) is 5.11 Å². The molecule has 0 fully saturated rings. The molecule has 1 atom stereocenters. The fraction of sp³-hybridized carbons (Fsp3) is 0.125. The molecule has 2 aromatic heterocycles. The number of aliphatic hydroxyl groups excluding tert-OH is 1. The van der Waals surface area contributed by atoms with E-state index >= 15 is 0 Å². The van der Waals surface area contributed by atoms with Gasteiger partial charge < -0.3 is 14.6 Å². The van der Waals surface area contributed by atoms with Gasteiger partial charge in [-0.05, 0) is 36.4 Å². The number of aromatic nitrogens is 3. The molecule has 1 aliphatic rings. The summed E-state index contributed by atoms with van der Waals surface area (Å²) in [6.45, 7) is -0.0178. The molecular weight excluding hydrogens is 300 g/mol. The van der Waals surface area contributed by atoms with E-state index in [0.717, 1.165) is 22.9 Å². The van der Waals surface area contributed by atoms with Crippen LogP contribution in [0.5, 0.6) is 0 Å². The van der Waals surface area contributed by atoms with Crippen molar-refractivity contribution in [3.05, 3.63) is 65.8 Å². The Kier molecular flexibility index (Phi) is 3.10. The van der Waals surface area contributed by atoms with Crippen molar-refractivity contribution in [1.29, 1.82) is 0 Å². The van der Waals surface area contributed by atoms with Crippen LogP contribution in [0.2, 0.25) is 5.02 Å². The molecule has 6 heteroatoms. The second-order valence-electron chi connectivity index (χ2n) is 5.08. The van der Waals surface area contributed by atoms with Gasteiger partial charge in [0.15, 0.2) is 5.82 Å². The molecule has 0 saturated heterocycles. The SMILES string of the molecule is OCC1c2cccn2-c2cncnc2N1c1ccc(Cl)cc1. The smallest absolute Gasteiger partial charge is 0.161 e. The maximum Gasteiger partial charge on any atom is 0.161 e. The summed E-state index contributed by atoms with van der Waals surface area (Å²) in [5.74, 6) is 0.764. The second kappa shape index (κ2) is 5.12. The van der Waals surface area contributed by atoms with Crippen LogP contribution in [0.4, 0.5) is 11.5 Å². The predicted molar refractivity (Wildman–Crippen MR) is 84.8 cm³/mol. The number of aliphatic hydroxyl groups is 1. The monoisotopic (exact) mass is 312 g/mol. The van der Waals surface area contributed by atoms with Gasteiger partial charge in [-0.2, -0.15) is 0 Å². The summed E-state index contributed by atoms with van der Waals surface area (Å²) < 4.78 is 2.02. The van der Waals surface area contributed by atoms with Crippen LogP contribution < -0.4 is 4.90 Å². The van der Waals surface area contributed by atoms with E-state index in [1.165, 1.54) is 6.33 Å². The highest BCUT2D eigenvalue weighted by molar-refractivity contribution is 6.30. The molecule has 0 bridgehead atoms. The molecule has 1 unspecified atom stereocenters. The van der Waals surface area contributed by atoms with Crippen molar-refractivity contribution in [3.8, 4) is 5.69 Å². The van der Waals surface area contributed by atoms with Gasteiger partial charge >= 0.3 is 0 Å². The predicted octanol–water partition coefficient (Wildman–Crippen LogP) is 3.11. The molecule has 0 aliphatic carbocycles. The normalized spacial score (nSPS) is 16.3. The molecule has 3 aromatic rings. The van der Waals surface area contributed by atoms with Crippen molar-refractivity contribution < 1.29 is 5.11 Å². The minimum Gasteiger partial charge on any atom is -0.394 e. The highest BCUT2D eigenvalue weighted by Gasteiger charge is 2.32. The van der Waals surface area contributed by atoms with Gasteiger partial charge in [0, 0.05) is 22.6 Å². The lowest BCUT2D eigenvalue weighted by Crippen LogP contribution is -2.33. The maximum atomic E-state index is 9.94. The van der Waals surface area contributed by atoms with Crippen LogP contribution >= 0.6 is 11.6 Å². The molecule has 0 spiro atoms. The Morgan fingerprint density at radius 1 is 1.18 bits per heavy atom. The summed E-state index contributed by atoms with van der Waals surface area (Å²) in [6.07, 6.45) is 5.26. The zero-order valence-electron chi connectivity index (χ0n) is 11.6. The van der Waals surface area contributed by atoms with Gasteiger partial charge in [0.1, 0.15) is 12.0 Å². The van der Waals surface area contributed by atoms with Gasteiger partial charge in [0.05, 0.1) is 18.8 Å². The third kappa shape index (κ3) is 1.90. The van der Waals surface area contributed by atoms with Crippen molar-refractivity contribution in [2.45, 2.75) is 6.04 Å². The third-order valence-electron chi connectivity index (χ3n) is 3.87. The zero-order chi connectivity index (χ0) is 15.1. The summed E-state index contributed by atoms with van der Waals surface area (Å²) in [5.41, 5.74) is 2.82. The number of anilines is 2. The molecule has 5 nitrogen and oxygen atoms in total. The second-order valence-corrected chi connectivity index (χ2v) is 5.52. The van der Waals surface area contributed by atoms with E-state index in [2.05, 4.69) is 9.97 Å². The summed E-state index contributed by atoms with van der Waals surface area (Å²) in [7, 11) is 0. The molecule has 3 heterocycles. The number of hydrogen-bond acceptors (Lipinski definition) is 4. The first kappa shape index (κ1) is 13.3. The van der Waals surface area contributed by atoms with Crippen LogP contribution in [0.3, 0.4) is 0 Å². The molecule has 4 rings (SSSR count). The molecule has 0 radical (unpaired) electrons. The van der Waals surface area contributed by atoms with Gasteiger partial charge in [0.25, 0.3) is 0 Å². The quantitative estimate of drug-likeness (QED) is 0.790. The molecule has 1 N–H and O–H groups in total. The minimum atomic E-state index is -0.210. The largest absolute Gasteiger partial charge is 0.394 e. The summed E-state index contributed by atoms with van der Waals surface area (Å²) in [4.78, 5) is 10.6. The summed E-state index contributed by atoms with van der Waals surface area (Å²) >= 11 is 5.99. The van der Waals surface area contributed by atoms with Crippen molar-refractivity contribution >= 4 is 23.1 Å². The van der Waals surface area contributed by atoms with Crippen LogP contribution in [-0.2, 0) is 0 Å². The number of halogens is 1. The molecule has 0 saturated carbocycles. The fourth-order valence-electron chi connectivity index (χ4n) is 2.92. The van der Waals surface area contributed by atoms with Gasteiger partial charge in [-0.25, -0.2) is 9.97 Å². The van der Waals surface area contributed by atoms with Gasteiger partial charge in [-0.3, -0.25) is 0 Å². The first-order valence-electron chi connectivity index (χ1n) is 6.93. The van der Waals surface area contributed by atoms with Gasteiger partial charge in [0.2, 0.25) is 0 Å². The zero-order valence-corrected chi connectivity index (χ0v) is 12.4. The number of rotatable bonds is 2. The minimum absolute atomic E-state index is 0.0178. The van der Waals surface area contributed by atoms with E-state index < -0.39 is 0 Å². The van der Waals surface area contributed by atoms with E-state index in [0.29, 0.717) is 5.02 Å². The maximum absolute atomic E-state index is 9.94. The van der Waals surface area contributed by atoms with E-state index in [4.69, 9.17) is 11.6 Å². The Balaban J connectivity index is 1.95. The van der Waals surface area contributed by atoms with Crippen LogP contribution in [0, 0.1) is 0 Å². The topological polar surface area (TPSA) is 54.2 Å². The van der Waals surface area contributed by atoms with Crippen LogP contribution in [-0.4, -0.2) is 26.2 Å². The Morgan fingerprint density at radius 2 is 2.00 bits per heavy atom. The lowest BCUT2D eigenvalue weighted by atomic mass is 10.1. The van der Waals surface area contributed by atoms with E-state index in [-0.39, 0.29) is 12.6 Å². The number of fused-ring (bicyclic) bond motifs is 3. The van der Waals surface area contributed by atoms with Crippen LogP contribution in [0.15, 0.2) is 55.1 Å². The van der Waals surface area contributed by atoms with Gasteiger partial charge in [-0.15, -0.1) is 0 Å². The molecule has 1 aliphatic heterocycles. The molecule has 1 aromatic carbocycles.